The van der Waals surface area contributed by atoms with E-state index in [0.29, 0.717) is 6.42 Å². The molecule has 1 N–H and O–H groups in total. The van der Waals surface area contributed by atoms with Gasteiger partial charge in [0.05, 0.1) is 5.60 Å². The second kappa shape index (κ2) is 5.85. The molecule has 0 saturated carbocycles. The normalized spacial score (nSPS) is 19.3. The van der Waals surface area contributed by atoms with Crippen LogP contribution in [0.1, 0.15) is 42.1 Å². The van der Waals surface area contributed by atoms with Gasteiger partial charge in [-0.2, -0.15) is 0 Å². The Hall–Kier alpha value is -1.19. The Labute approximate surface area is 115 Å². The van der Waals surface area contributed by atoms with Gasteiger partial charge in [-0.3, -0.25) is 4.79 Å². The van der Waals surface area contributed by atoms with Gasteiger partial charge in [0.15, 0.2) is 5.78 Å². The van der Waals surface area contributed by atoms with E-state index in [1.54, 1.807) is 0 Å². The summed E-state index contributed by atoms with van der Waals surface area (Å²) in [6.07, 6.45) is 2.16. The van der Waals surface area contributed by atoms with Crippen LogP contribution in [0, 0.1) is 6.92 Å². The van der Waals surface area contributed by atoms with Crippen molar-refractivity contribution in [3.63, 3.8) is 0 Å². The molecule has 0 amide bonds. The van der Waals surface area contributed by atoms with Gasteiger partial charge < -0.3 is 10.0 Å². The van der Waals surface area contributed by atoms with Crippen LogP contribution in [0.25, 0.3) is 0 Å². The second-order valence-corrected chi connectivity index (χ2v) is 5.88. The van der Waals surface area contributed by atoms with Crippen molar-refractivity contribution in [2.24, 2.45) is 0 Å². The quantitative estimate of drug-likeness (QED) is 0.846. The number of nitrogens with zero attached hydrogens (tertiary/aromatic N) is 1. The van der Waals surface area contributed by atoms with Crippen LogP contribution in [0.4, 0.5) is 0 Å². The summed E-state index contributed by atoms with van der Waals surface area (Å²) in [5.41, 5.74) is 1.42. The molecule has 1 aromatic rings. The SMILES string of the molecule is Cc1cccc(C(=O)CCN2CCC(C)(O)CC2)c1. The lowest BCUT2D eigenvalue weighted by atomic mass is 9.93. The van der Waals surface area contributed by atoms with Crippen molar-refractivity contribution < 1.29 is 9.90 Å². The maximum Gasteiger partial charge on any atom is 0.164 e. The summed E-state index contributed by atoms with van der Waals surface area (Å²) in [4.78, 5) is 14.4. The predicted octanol–water partition coefficient (Wildman–Crippen LogP) is 2.41. The minimum Gasteiger partial charge on any atom is -0.390 e. The number of piperidine rings is 1. The van der Waals surface area contributed by atoms with E-state index in [9.17, 15) is 9.90 Å². The van der Waals surface area contributed by atoms with Gasteiger partial charge in [0, 0.05) is 31.6 Å². The molecule has 0 bridgehead atoms. The molecule has 0 aromatic heterocycles. The molecule has 0 aliphatic carbocycles. The first kappa shape index (κ1) is 14.2. The molecule has 3 heteroatoms. The van der Waals surface area contributed by atoms with E-state index >= 15 is 0 Å². The highest BCUT2D eigenvalue weighted by Gasteiger charge is 2.27. The number of Topliss-reactive ketones (excluding diaryl/α,β-unsaturated/α-hetero) is 1. The Morgan fingerprint density at radius 3 is 2.68 bits per heavy atom. The molecule has 104 valence electrons. The van der Waals surface area contributed by atoms with E-state index in [-0.39, 0.29) is 5.78 Å². The number of carbonyl (C=O) groups is 1. The van der Waals surface area contributed by atoms with Crippen LogP contribution in [0.5, 0.6) is 0 Å². The van der Waals surface area contributed by atoms with Crippen molar-refractivity contribution >= 4 is 5.78 Å². The van der Waals surface area contributed by atoms with Crippen molar-refractivity contribution in [1.82, 2.24) is 4.90 Å². The first-order chi connectivity index (χ1) is 8.96. The van der Waals surface area contributed by atoms with Gasteiger partial charge in [0.2, 0.25) is 0 Å². The second-order valence-electron chi connectivity index (χ2n) is 5.88. The molecule has 0 spiro atoms. The van der Waals surface area contributed by atoms with Gasteiger partial charge in [-0.25, -0.2) is 0 Å². The van der Waals surface area contributed by atoms with Gasteiger partial charge >= 0.3 is 0 Å². The fourth-order valence-electron chi connectivity index (χ4n) is 2.48. The molecule has 19 heavy (non-hydrogen) atoms. The Balaban J connectivity index is 1.81. The summed E-state index contributed by atoms with van der Waals surface area (Å²) < 4.78 is 0. The number of hydrogen-bond donors (Lipinski definition) is 1. The van der Waals surface area contributed by atoms with Crippen LogP contribution in [0.15, 0.2) is 24.3 Å². The zero-order valence-electron chi connectivity index (χ0n) is 11.9. The summed E-state index contributed by atoms with van der Waals surface area (Å²) in [5.74, 6) is 0.209. The molecule has 1 saturated heterocycles. The number of hydrogen-bond acceptors (Lipinski definition) is 3. The maximum atomic E-state index is 12.1. The number of benzene rings is 1. The number of carbonyl (C=O) groups excluding carboxylic acids is 1. The lowest BCUT2D eigenvalue weighted by Gasteiger charge is -2.35. The van der Waals surface area contributed by atoms with Crippen molar-refractivity contribution in [2.45, 2.75) is 38.7 Å². The lowest BCUT2D eigenvalue weighted by Crippen LogP contribution is -2.43. The van der Waals surface area contributed by atoms with E-state index in [2.05, 4.69) is 4.90 Å². The van der Waals surface area contributed by atoms with E-state index in [0.717, 1.165) is 43.6 Å². The largest absolute Gasteiger partial charge is 0.390 e. The first-order valence-corrected chi connectivity index (χ1v) is 7.01. The summed E-state index contributed by atoms with van der Waals surface area (Å²) in [5, 5.41) is 9.88. The molecule has 1 aromatic carbocycles. The summed E-state index contributed by atoms with van der Waals surface area (Å²) >= 11 is 0. The minimum atomic E-state index is -0.517. The average molecular weight is 261 g/mol. The first-order valence-electron chi connectivity index (χ1n) is 7.01. The Morgan fingerprint density at radius 2 is 2.05 bits per heavy atom. The smallest absolute Gasteiger partial charge is 0.164 e. The Bertz CT molecular complexity index is 444. The molecule has 0 atom stereocenters. The van der Waals surface area contributed by atoms with Gasteiger partial charge in [-0.05, 0) is 32.8 Å². The molecular weight excluding hydrogens is 238 g/mol. The number of aliphatic hydroxyl groups is 1. The van der Waals surface area contributed by atoms with Crippen molar-refractivity contribution in [3.8, 4) is 0 Å². The molecule has 0 radical (unpaired) electrons. The van der Waals surface area contributed by atoms with E-state index in [4.69, 9.17) is 0 Å². The zero-order valence-corrected chi connectivity index (χ0v) is 11.9. The Morgan fingerprint density at radius 1 is 1.37 bits per heavy atom. The fourth-order valence-corrected chi connectivity index (χ4v) is 2.48. The topological polar surface area (TPSA) is 40.5 Å². The van der Waals surface area contributed by atoms with E-state index in [1.165, 1.54) is 0 Å². The monoisotopic (exact) mass is 261 g/mol. The van der Waals surface area contributed by atoms with Gasteiger partial charge in [0.1, 0.15) is 0 Å². The van der Waals surface area contributed by atoms with Crippen molar-refractivity contribution in [3.05, 3.63) is 35.4 Å². The molecule has 1 aliphatic rings. The third-order valence-corrected chi connectivity index (χ3v) is 3.93. The standard InChI is InChI=1S/C16H23NO2/c1-13-4-3-5-14(12-13)15(18)6-9-17-10-7-16(2,19)8-11-17/h3-5,12,19H,6-11H2,1-2H3. The average Bonchev–Trinajstić information content (AvgIpc) is 2.37. The molecule has 1 aliphatic heterocycles. The molecular formula is C16H23NO2. The molecule has 1 fully saturated rings. The number of ketones is 1. The van der Waals surface area contributed by atoms with Crippen LogP contribution in [0.3, 0.4) is 0 Å². The third-order valence-electron chi connectivity index (χ3n) is 3.93. The van der Waals surface area contributed by atoms with Crippen LogP contribution >= 0.6 is 0 Å². The highest BCUT2D eigenvalue weighted by Crippen LogP contribution is 2.21. The van der Waals surface area contributed by atoms with Gasteiger partial charge in [-0.15, -0.1) is 0 Å². The molecule has 3 nitrogen and oxygen atoms in total. The van der Waals surface area contributed by atoms with Gasteiger partial charge in [0.25, 0.3) is 0 Å². The van der Waals surface area contributed by atoms with Crippen LogP contribution in [0.2, 0.25) is 0 Å². The summed E-state index contributed by atoms with van der Waals surface area (Å²) in [6, 6.07) is 7.77. The predicted molar refractivity (Wildman–Crippen MR) is 76.4 cm³/mol. The van der Waals surface area contributed by atoms with E-state index < -0.39 is 5.60 Å². The number of aryl methyl sites for hydroxylation is 1. The maximum absolute atomic E-state index is 12.1. The van der Waals surface area contributed by atoms with Crippen LogP contribution in [-0.4, -0.2) is 41.0 Å². The van der Waals surface area contributed by atoms with Gasteiger partial charge in [-0.1, -0.05) is 23.8 Å². The Kier molecular flexibility index (Phi) is 4.38. The highest BCUT2D eigenvalue weighted by atomic mass is 16.3. The number of likely N-dealkylation sites (tertiary alicyclic amines) is 1. The molecule has 2 rings (SSSR count). The molecule has 0 unspecified atom stereocenters. The third kappa shape index (κ3) is 4.15. The number of rotatable bonds is 4. The van der Waals surface area contributed by atoms with Crippen molar-refractivity contribution in [1.29, 1.82) is 0 Å². The fraction of sp³-hybridized carbons (Fsp3) is 0.562. The van der Waals surface area contributed by atoms with Crippen molar-refractivity contribution in [2.75, 3.05) is 19.6 Å². The van der Waals surface area contributed by atoms with Crippen LogP contribution < -0.4 is 0 Å². The van der Waals surface area contributed by atoms with E-state index in [1.807, 2.05) is 38.1 Å². The summed E-state index contributed by atoms with van der Waals surface area (Å²) in [7, 11) is 0. The molecule has 1 heterocycles. The highest BCUT2D eigenvalue weighted by molar-refractivity contribution is 5.96. The van der Waals surface area contributed by atoms with Crippen LogP contribution in [-0.2, 0) is 0 Å². The summed E-state index contributed by atoms with van der Waals surface area (Å²) in [6.45, 7) is 6.46. The zero-order chi connectivity index (χ0) is 13.9. The minimum absolute atomic E-state index is 0.209. The lowest BCUT2D eigenvalue weighted by molar-refractivity contribution is -0.00506.